The van der Waals surface area contributed by atoms with Gasteiger partial charge in [-0.1, -0.05) is 6.07 Å². The third-order valence-corrected chi connectivity index (χ3v) is 2.39. The minimum Gasteiger partial charge on any atom is -0.389 e. The van der Waals surface area contributed by atoms with Crippen LogP contribution in [0, 0.1) is 12.7 Å². The van der Waals surface area contributed by atoms with Crippen LogP contribution in [0.25, 0.3) is 0 Å². The fraction of sp³-hybridized carbons (Fsp3) is 0.462. The topological polar surface area (TPSA) is 40.5 Å². The van der Waals surface area contributed by atoms with Gasteiger partial charge in [0, 0.05) is 19.2 Å². The van der Waals surface area contributed by atoms with Crippen molar-refractivity contribution in [1.82, 2.24) is 4.90 Å². The minimum absolute atomic E-state index is 0.196. The number of aryl methyl sites for hydroxylation is 1. The molecule has 0 aliphatic heterocycles. The fourth-order valence-electron chi connectivity index (χ4n) is 1.60. The molecule has 3 nitrogen and oxygen atoms in total. The summed E-state index contributed by atoms with van der Waals surface area (Å²) < 4.78 is 13.3. The molecule has 0 aliphatic rings. The summed E-state index contributed by atoms with van der Waals surface area (Å²) in [7, 11) is 1.58. The van der Waals surface area contributed by atoms with Gasteiger partial charge in [0.2, 0.25) is 0 Å². The summed E-state index contributed by atoms with van der Waals surface area (Å²) in [5.74, 6) is -0.696. The Hall–Kier alpha value is -1.42. The van der Waals surface area contributed by atoms with Crippen molar-refractivity contribution in [2.75, 3.05) is 13.6 Å². The largest absolute Gasteiger partial charge is 0.389 e. The highest BCUT2D eigenvalue weighted by Gasteiger charge is 2.20. The molecule has 0 spiro atoms. The highest BCUT2D eigenvalue weighted by molar-refractivity contribution is 5.94. The maximum atomic E-state index is 13.3. The number of amides is 1. The van der Waals surface area contributed by atoms with E-state index in [0.717, 1.165) is 0 Å². The maximum absolute atomic E-state index is 13.3. The van der Waals surface area contributed by atoms with Gasteiger partial charge >= 0.3 is 0 Å². The second kappa shape index (κ2) is 4.84. The van der Waals surface area contributed by atoms with Gasteiger partial charge in [-0.05, 0) is 38.5 Å². The van der Waals surface area contributed by atoms with Crippen molar-refractivity contribution >= 4 is 5.91 Å². The Bertz CT molecular complexity index is 424. The average Bonchev–Trinajstić information content (AvgIpc) is 2.18. The van der Waals surface area contributed by atoms with E-state index in [9.17, 15) is 14.3 Å². The predicted octanol–water partition coefficient (Wildman–Crippen LogP) is 1.98. The first-order valence-electron chi connectivity index (χ1n) is 5.45. The molecule has 0 fully saturated rings. The molecule has 1 rings (SSSR count). The first-order valence-corrected chi connectivity index (χ1v) is 5.45. The number of hydrogen-bond donors (Lipinski definition) is 1. The van der Waals surface area contributed by atoms with Gasteiger partial charge in [-0.15, -0.1) is 0 Å². The van der Waals surface area contributed by atoms with E-state index in [1.807, 2.05) is 0 Å². The zero-order valence-electron chi connectivity index (χ0n) is 10.6. The van der Waals surface area contributed by atoms with Crippen molar-refractivity contribution in [2.24, 2.45) is 0 Å². The Morgan fingerprint density at radius 1 is 1.47 bits per heavy atom. The third-order valence-electron chi connectivity index (χ3n) is 2.39. The van der Waals surface area contributed by atoms with Crippen molar-refractivity contribution in [3.05, 3.63) is 35.1 Å². The average molecular weight is 239 g/mol. The number of halogens is 1. The van der Waals surface area contributed by atoms with Gasteiger partial charge in [0.05, 0.1) is 5.60 Å². The normalized spacial score (nSPS) is 11.4. The Morgan fingerprint density at radius 3 is 2.53 bits per heavy atom. The number of rotatable bonds is 3. The van der Waals surface area contributed by atoms with Crippen molar-refractivity contribution in [1.29, 1.82) is 0 Å². The van der Waals surface area contributed by atoms with E-state index in [-0.39, 0.29) is 12.5 Å². The van der Waals surface area contributed by atoms with Gasteiger partial charge < -0.3 is 10.0 Å². The second-order valence-electron chi connectivity index (χ2n) is 4.94. The molecule has 94 valence electrons. The van der Waals surface area contributed by atoms with E-state index in [4.69, 9.17) is 0 Å². The Labute approximate surface area is 101 Å². The summed E-state index contributed by atoms with van der Waals surface area (Å²) in [6, 6.07) is 4.38. The van der Waals surface area contributed by atoms with Gasteiger partial charge in [-0.3, -0.25) is 4.79 Å². The molecule has 0 saturated heterocycles. The lowest BCUT2D eigenvalue weighted by molar-refractivity contribution is 0.0367. The summed E-state index contributed by atoms with van der Waals surface area (Å²) in [5, 5.41) is 9.61. The van der Waals surface area contributed by atoms with Crippen LogP contribution < -0.4 is 0 Å². The van der Waals surface area contributed by atoms with Crippen LogP contribution in [0.5, 0.6) is 0 Å². The highest BCUT2D eigenvalue weighted by Crippen LogP contribution is 2.12. The summed E-state index contributed by atoms with van der Waals surface area (Å²) >= 11 is 0. The van der Waals surface area contributed by atoms with Gasteiger partial charge in [-0.2, -0.15) is 0 Å². The molecule has 1 N–H and O–H groups in total. The van der Waals surface area contributed by atoms with Crippen LogP contribution in [-0.4, -0.2) is 35.1 Å². The zero-order chi connectivity index (χ0) is 13.2. The molecule has 0 aliphatic carbocycles. The van der Waals surface area contributed by atoms with Crippen LogP contribution >= 0.6 is 0 Å². The van der Waals surface area contributed by atoms with E-state index < -0.39 is 11.4 Å². The number of benzene rings is 1. The van der Waals surface area contributed by atoms with E-state index >= 15 is 0 Å². The SMILES string of the molecule is Cc1ccc(C(=O)N(C)CC(C)(C)O)cc1F. The molecule has 1 amide bonds. The molecule has 0 atom stereocenters. The van der Waals surface area contributed by atoms with Crippen LogP contribution in [0.3, 0.4) is 0 Å². The number of hydrogen-bond acceptors (Lipinski definition) is 2. The second-order valence-corrected chi connectivity index (χ2v) is 4.94. The number of nitrogens with zero attached hydrogens (tertiary/aromatic N) is 1. The van der Waals surface area contributed by atoms with Gasteiger partial charge in [0.15, 0.2) is 0 Å². The molecule has 0 saturated carbocycles. The first-order chi connectivity index (χ1) is 7.70. The quantitative estimate of drug-likeness (QED) is 0.876. The first kappa shape index (κ1) is 13.6. The summed E-state index contributed by atoms with van der Waals surface area (Å²) in [4.78, 5) is 13.3. The Kier molecular flexibility index (Phi) is 3.88. The standard InChI is InChI=1S/C13H18FNO2/c1-9-5-6-10(7-11(9)14)12(16)15(4)8-13(2,3)17/h5-7,17H,8H2,1-4H3. The molecule has 17 heavy (non-hydrogen) atoms. The lowest BCUT2D eigenvalue weighted by atomic mass is 10.1. The van der Waals surface area contributed by atoms with E-state index in [0.29, 0.717) is 11.1 Å². The molecule has 0 radical (unpaired) electrons. The number of carbonyl (C=O) groups excluding carboxylic acids is 1. The summed E-state index contributed by atoms with van der Waals surface area (Å²) in [5.41, 5.74) is -0.167. The minimum atomic E-state index is -0.965. The smallest absolute Gasteiger partial charge is 0.253 e. The lowest BCUT2D eigenvalue weighted by Crippen LogP contribution is -2.39. The Balaban J connectivity index is 2.85. The van der Waals surface area contributed by atoms with Crippen LogP contribution in [0.15, 0.2) is 18.2 Å². The van der Waals surface area contributed by atoms with Crippen molar-refractivity contribution in [3.63, 3.8) is 0 Å². The summed E-state index contributed by atoms with van der Waals surface area (Å²) in [6.07, 6.45) is 0. The van der Waals surface area contributed by atoms with Crippen LogP contribution in [0.2, 0.25) is 0 Å². The van der Waals surface area contributed by atoms with Crippen LogP contribution in [0.4, 0.5) is 4.39 Å². The predicted molar refractivity (Wildman–Crippen MR) is 64.4 cm³/mol. The number of aliphatic hydroxyl groups is 1. The maximum Gasteiger partial charge on any atom is 0.253 e. The van der Waals surface area contributed by atoms with Crippen molar-refractivity contribution in [3.8, 4) is 0 Å². The molecule has 1 aromatic carbocycles. The monoisotopic (exact) mass is 239 g/mol. The number of likely N-dealkylation sites (N-methyl/N-ethyl adjacent to an activating group) is 1. The van der Waals surface area contributed by atoms with E-state index in [1.54, 1.807) is 40.0 Å². The molecule has 0 unspecified atom stereocenters. The van der Waals surface area contributed by atoms with Gasteiger partial charge in [0.1, 0.15) is 5.82 Å². The van der Waals surface area contributed by atoms with E-state index in [1.165, 1.54) is 11.0 Å². The molecule has 0 aromatic heterocycles. The Morgan fingerprint density at radius 2 is 2.06 bits per heavy atom. The number of carbonyl (C=O) groups is 1. The summed E-state index contributed by atoms with van der Waals surface area (Å²) in [6.45, 7) is 5.07. The zero-order valence-corrected chi connectivity index (χ0v) is 10.6. The fourth-order valence-corrected chi connectivity index (χ4v) is 1.60. The van der Waals surface area contributed by atoms with Crippen LogP contribution in [-0.2, 0) is 0 Å². The van der Waals surface area contributed by atoms with E-state index in [2.05, 4.69) is 0 Å². The van der Waals surface area contributed by atoms with Crippen LogP contribution in [0.1, 0.15) is 29.8 Å². The van der Waals surface area contributed by atoms with Gasteiger partial charge in [-0.25, -0.2) is 4.39 Å². The van der Waals surface area contributed by atoms with Gasteiger partial charge in [0.25, 0.3) is 5.91 Å². The molecular formula is C13H18FNO2. The highest BCUT2D eigenvalue weighted by atomic mass is 19.1. The lowest BCUT2D eigenvalue weighted by Gasteiger charge is -2.25. The third kappa shape index (κ3) is 3.82. The van der Waals surface area contributed by atoms with Crippen molar-refractivity contribution < 1.29 is 14.3 Å². The van der Waals surface area contributed by atoms with Crippen molar-refractivity contribution in [2.45, 2.75) is 26.4 Å². The molecule has 0 heterocycles. The molecular weight excluding hydrogens is 221 g/mol. The molecule has 0 bridgehead atoms. The molecule has 1 aromatic rings. The molecule has 4 heteroatoms.